The van der Waals surface area contributed by atoms with E-state index in [1.807, 2.05) is 43.5 Å². The minimum absolute atomic E-state index is 0.0516. The number of nitrogens with two attached hydrogens (primary N) is 1. The Hall–Kier alpha value is -2.79. The second kappa shape index (κ2) is 5.88. The van der Waals surface area contributed by atoms with Crippen molar-refractivity contribution in [3.63, 3.8) is 0 Å². The van der Waals surface area contributed by atoms with E-state index in [9.17, 15) is 4.79 Å². The number of carbonyl (C=O) groups is 1. The maximum atomic E-state index is 12.3. The molecule has 0 saturated carbocycles. The van der Waals surface area contributed by atoms with Gasteiger partial charge in [0, 0.05) is 29.3 Å². The number of nitrogens with zero attached hydrogens (tertiary/aromatic N) is 2. The summed E-state index contributed by atoms with van der Waals surface area (Å²) in [6.45, 7) is 1.92. The first-order valence-corrected chi connectivity index (χ1v) is 8.75. The molecule has 4 rings (SSSR count). The number of aliphatic imine (C=N–C) groups is 1. The monoisotopic (exact) mass is 366 g/mol. The summed E-state index contributed by atoms with van der Waals surface area (Å²) in [6, 6.07) is 14.0. The van der Waals surface area contributed by atoms with E-state index in [-0.39, 0.29) is 18.3 Å². The van der Waals surface area contributed by atoms with Gasteiger partial charge in [-0.1, -0.05) is 29.8 Å². The zero-order valence-electron chi connectivity index (χ0n) is 14.6. The van der Waals surface area contributed by atoms with Gasteiger partial charge in [-0.25, -0.2) is 4.99 Å². The maximum absolute atomic E-state index is 12.3. The standard InChI is InChI=1S/C20H19ClN4O/c1-20(11-18(26)25(2)19(22)24-20)14-5-6-16(21)15(10-14)13-4-3-12-7-8-23-17(12)9-13/h3-10,23H,11H2,1-2H3,(H2,22,24). The number of aromatic nitrogens is 1. The quantitative estimate of drug-likeness (QED) is 0.722. The van der Waals surface area contributed by atoms with Crippen LogP contribution < -0.4 is 5.73 Å². The topological polar surface area (TPSA) is 74.5 Å². The summed E-state index contributed by atoms with van der Waals surface area (Å²) in [5.41, 5.74) is 9.10. The van der Waals surface area contributed by atoms with E-state index in [1.54, 1.807) is 7.05 Å². The fourth-order valence-corrected chi connectivity index (χ4v) is 3.60. The van der Waals surface area contributed by atoms with Gasteiger partial charge in [-0.15, -0.1) is 0 Å². The van der Waals surface area contributed by atoms with Gasteiger partial charge in [-0.2, -0.15) is 0 Å². The average Bonchev–Trinajstić information content (AvgIpc) is 3.07. The SMILES string of the molecule is CN1C(=O)CC(C)(c2ccc(Cl)c(-c3ccc4cc[nH]c4c3)c2)N=C1N. The Labute approximate surface area is 156 Å². The molecule has 1 aliphatic heterocycles. The van der Waals surface area contributed by atoms with Crippen molar-refractivity contribution >= 4 is 34.4 Å². The maximum Gasteiger partial charge on any atom is 0.231 e. The lowest BCUT2D eigenvalue weighted by molar-refractivity contribution is -0.128. The van der Waals surface area contributed by atoms with Crippen molar-refractivity contribution in [2.45, 2.75) is 18.9 Å². The third-order valence-corrected chi connectivity index (χ3v) is 5.36. The van der Waals surface area contributed by atoms with E-state index in [2.05, 4.69) is 22.1 Å². The van der Waals surface area contributed by atoms with Crippen LogP contribution in [0.2, 0.25) is 5.02 Å². The first-order valence-electron chi connectivity index (χ1n) is 8.37. The van der Waals surface area contributed by atoms with Gasteiger partial charge in [-0.3, -0.25) is 9.69 Å². The predicted octanol–water partition coefficient (Wildman–Crippen LogP) is 3.88. The van der Waals surface area contributed by atoms with Gasteiger partial charge in [0.2, 0.25) is 5.91 Å². The molecule has 0 aliphatic carbocycles. The molecular formula is C20H19ClN4O. The van der Waals surface area contributed by atoms with Crippen LogP contribution in [0.25, 0.3) is 22.0 Å². The van der Waals surface area contributed by atoms with E-state index in [0.717, 1.165) is 27.6 Å². The molecule has 2 heterocycles. The van der Waals surface area contributed by atoms with Crippen LogP contribution in [0.3, 0.4) is 0 Å². The summed E-state index contributed by atoms with van der Waals surface area (Å²) >= 11 is 6.47. The van der Waals surface area contributed by atoms with E-state index in [4.69, 9.17) is 17.3 Å². The van der Waals surface area contributed by atoms with Crippen molar-refractivity contribution in [3.05, 3.63) is 59.2 Å². The van der Waals surface area contributed by atoms with Gasteiger partial charge in [0.25, 0.3) is 0 Å². The predicted molar refractivity (Wildman–Crippen MR) is 105 cm³/mol. The lowest BCUT2D eigenvalue weighted by Gasteiger charge is -2.34. The van der Waals surface area contributed by atoms with Crippen LogP contribution in [0.1, 0.15) is 18.9 Å². The zero-order valence-corrected chi connectivity index (χ0v) is 15.3. The fourth-order valence-electron chi connectivity index (χ4n) is 3.37. The number of hydrogen-bond acceptors (Lipinski definition) is 3. The Kier molecular flexibility index (Phi) is 3.77. The number of amides is 1. The molecule has 0 radical (unpaired) electrons. The third kappa shape index (κ3) is 2.65. The van der Waals surface area contributed by atoms with E-state index >= 15 is 0 Å². The average molecular weight is 367 g/mol. The highest BCUT2D eigenvalue weighted by Gasteiger charge is 2.36. The highest BCUT2D eigenvalue weighted by Crippen LogP contribution is 2.38. The molecule has 0 bridgehead atoms. The number of benzene rings is 2. The zero-order chi connectivity index (χ0) is 18.5. The second-order valence-electron chi connectivity index (χ2n) is 6.85. The summed E-state index contributed by atoms with van der Waals surface area (Å²) in [4.78, 5) is 21.4. The molecule has 1 aromatic heterocycles. The van der Waals surface area contributed by atoms with Crippen LogP contribution in [-0.2, 0) is 10.3 Å². The van der Waals surface area contributed by atoms with Crippen molar-refractivity contribution in [2.24, 2.45) is 10.7 Å². The molecular weight excluding hydrogens is 348 g/mol. The minimum Gasteiger partial charge on any atom is -0.369 e. The van der Waals surface area contributed by atoms with Crippen LogP contribution in [0.4, 0.5) is 0 Å². The number of aromatic amines is 1. The number of guanidine groups is 1. The summed E-state index contributed by atoms with van der Waals surface area (Å²) < 4.78 is 0. The first-order chi connectivity index (χ1) is 12.4. The lowest BCUT2D eigenvalue weighted by atomic mass is 9.86. The molecule has 1 unspecified atom stereocenters. The van der Waals surface area contributed by atoms with Crippen LogP contribution in [0.5, 0.6) is 0 Å². The van der Waals surface area contributed by atoms with Crippen LogP contribution in [0.15, 0.2) is 53.7 Å². The van der Waals surface area contributed by atoms with E-state index < -0.39 is 5.54 Å². The Morgan fingerprint density at radius 1 is 1.23 bits per heavy atom. The van der Waals surface area contributed by atoms with Crippen molar-refractivity contribution in [2.75, 3.05) is 7.05 Å². The Morgan fingerprint density at radius 2 is 2.04 bits per heavy atom. The largest absolute Gasteiger partial charge is 0.369 e. The van der Waals surface area contributed by atoms with Crippen LogP contribution in [-0.4, -0.2) is 28.8 Å². The second-order valence-corrected chi connectivity index (χ2v) is 7.25. The molecule has 5 nitrogen and oxygen atoms in total. The Morgan fingerprint density at radius 3 is 2.81 bits per heavy atom. The van der Waals surface area contributed by atoms with Crippen LogP contribution >= 0.6 is 11.6 Å². The van der Waals surface area contributed by atoms with Gasteiger partial charge in [0.15, 0.2) is 5.96 Å². The molecule has 2 aromatic carbocycles. The third-order valence-electron chi connectivity index (χ3n) is 5.03. The molecule has 3 aromatic rings. The number of hydrogen-bond donors (Lipinski definition) is 2. The number of fused-ring (bicyclic) bond motifs is 1. The molecule has 26 heavy (non-hydrogen) atoms. The van der Waals surface area contributed by atoms with Crippen molar-refractivity contribution in [1.29, 1.82) is 0 Å². The summed E-state index contributed by atoms with van der Waals surface area (Å²) in [7, 11) is 1.64. The van der Waals surface area contributed by atoms with Gasteiger partial charge in [0.05, 0.1) is 12.0 Å². The minimum atomic E-state index is -0.705. The number of carbonyl (C=O) groups excluding carboxylic acids is 1. The van der Waals surface area contributed by atoms with Crippen molar-refractivity contribution in [1.82, 2.24) is 9.88 Å². The van der Waals surface area contributed by atoms with Gasteiger partial charge in [0.1, 0.15) is 0 Å². The Bertz CT molecular complexity index is 1050. The van der Waals surface area contributed by atoms with Crippen LogP contribution in [0, 0.1) is 0 Å². The molecule has 3 N–H and O–H groups in total. The number of nitrogens with one attached hydrogen (secondary N) is 1. The Balaban J connectivity index is 1.83. The molecule has 132 valence electrons. The van der Waals surface area contributed by atoms with E-state index in [1.165, 1.54) is 4.90 Å². The molecule has 6 heteroatoms. The summed E-state index contributed by atoms with van der Waals surface area (Å²) in [6.07, 6.45) is 2.18. The lowest BCUT2D eigenvalue weighted by Crippen LogP contribution is -2.47. The highest BCUT2D eigenvalue weighted by molar-refractivity contribution is 6.33. The number of halogens is 1. The fraction of sp³-hybridized carbons (Fsp3) is 0.200. The van der Waals surface area contributed by atoms with Crippen molar-refractivity contribution in [3.8, 4) is 11.1 Å². The van der Waals surface area contributed by atoms with E-state index in [0.29, 0.717) is 5.02 Å². The molecule has 1 amide bonds. The normalized spacial score (nSPS) is 20.5. The molecule has 1 aliphatic rings. The van der Waals surface area contributed by atoms with Crippen molar-refractivity contribution < 1.29 is 4.79 Å². The molecule has 1 atom stereocenters. The summed E-state index contributed by atoms with van der Waals surface area (Å²) in [5, 5.41) is 1.80. The number of H-pyrrole nitrogens is 1. The van der Waals surface area contributed by atoms with Gasteiger partial charge < -0.3 is 10.7 Å². The first kappa shape index (κ1) is 16.7. The summed E-state index contributed by atoms with van der Waals surface area (Å²) in [5.74, 6) is 0.178. The molecule has 0 saturated heterocycles. The molecule has 0 fully saturated rings. The number of rotatable bonds is 2. The highest BCUT2D eigenvalue weighted by atomic mass is 35.5. The van der Waals surface area contributed by atoms with Gasteiger partial charge >= 0.3 is 0 Å². The smallest absolute Gasteiger partial charge is 0.231 e. The molecule has 0 spiro atoms. The van der Waals surface area contributed by atoms with Gasteiger partial charge in [-0.05, 0) is 47.7 Å².